The second-order valence-electron chi connectivity index (χ2n) is 8.40. The third-order valence-corrected chi connectivity index (χ3v) is 8.68. The largest absolute Gasteiger partial charge is 0.327 e. The maximum atomic E-state index is 11.9. The molecule has 0 heterocycles. The molecule has 1 aliphatic carbocycles. The molecule has 3 nitrogen and oxygen atoms in total. The Bertz CT molecular complexity index is 975. The Balaban J connectivity index is 1.69. The molecule has 30 heavy (non-hydrogen) atoms. The molecule has 0 fully saturated rings. The van der Waals surface area contributed by atoms with Gasteiger partial charge in [-0.15, -0.1) is 0 Å². The van der Waals surface area contributed by atoms with Crippen LogP contribution in [-0.4, -0.2) is 26.0 Å². The summed E-state index contributed by atoms with van der Waals surface area (Å²) in [5, 5.41) is 1.14. The van der Waals surface area contributed by atoms with Crippen molar-refractivity contribution in [2.75, 3.05) is 11.5 Å². The molecule has 0 aliphatic heterocycles. The maximum absolute atomic E-state index is 11.9. The molecule has 2 atom stereocenters. The standard InChI is InChI=1S/C24H31Cl2NO2S/c1-2-12-30(28,29)13-4-3-5-17-6-8-19-9-11-24(27)21(20(19)14-17)15-18-7-10-22(25)23(26)16-18/h6-8,10,14,16,21,24H,2-5,9,11-13,15,27H2,1H3. The van der Waals surface area contributed by atoms with Gasteiger partial charge in [-0.25, -0.2) is 8.42 Å². The Morgan fingerprint density at radius 3 is 2.50 bits per heavy atom. The van der Waals surface area contributed by atoms with Gasteiger partial charge in [-0.05, 0) is 79.3 Å². The molecular weight excluding hydrogens is 437 g/mol. The molecule has 2 unspecified atom stereocenters. The van der Waals surface area contributed by atoms with Crippen LogP contribution in [0, 0.1) is 0 Å². The fraction of sp³-hybridized carbons (Fsp3) is 0.500. The van der Waals surface area contributed by atoms with E-state index in [0.29, 0.717) is 28.6 Å². The molecule has 0 radical (unpaired) electrons. The Labute approximate surface area is 190 Å². The number of benzene rings is 2. The highest BCUT2D eigenvalue weighted by Gasteiger charge is 2.27. The normalized spacial score (nSPS) is 18.9. The molecule has 0 saturated heterocycles. The van der Waals surface area contributed by atoms with Crippen LogP contribution < -0.4 is 5.73 Å². The number of hydrogen-bond donors (Lipinski definition) is 1. The zero-order valence-electron chi connectivity index (χ0n) is 17.5. The smallest absolute Gasteiger partial charge is 0.150 e. The van der Waals surface area contributed by atoms with Crippen molar-refractivity contribution in [1.82, 2.24) is 0 Å². The van der Waals surface area contributed by atoms with Crippen molar-refractivity contribution < 1.29 is 8.42 Å². The van der Waals surface area contributed by atoms with Crippen molar-refractivity contribution in [1.29, 1.82) is 0 Å². The van der Waals surface area contributed by atoms with E-state index in [2.05, 4.69) is 18.2 Å². The van der Waals surface area contributed by atoms with Crippen molar-refractivity contribution in [2.45, 2.75) is 63.8 Å². The highest BCUT2D eigenvalue weighted by molar-refractivity contribution is 7.91. The third kappa shape index (κ3) is 6.23. The Morgan fingerprint density at radius 2 is 1.77 bits per heavy atom. The highest BCUT2D eigenvalue weighted by atomic mass is 35.5. The summed E-state index contributed by atoms with van der Waals surface area (Å²) in [4.78, 5) is 0. The van der Waals surface area contributed by atoms with Gasteiger partial charge in [0.25, 0.3) is 0 Å². The Morgan fingerprint density at radius 1 is 1.00 bits per heavy atom. The zero-order valence-corrected chi connectivity index (χ0v) is 19.9. The lowest BCUT2D eigenvalue weighted by Crippen LogP contribution is -2.34. The van der Waals surface area contributed by atoms with Gasteiger partial charge in [0.2, 0.25) is 0 Å². The summed E-state index contributed by atoms with van der Waals surface area (Å²) < 4.78 is 23.8. The van der Waals surface area contributed by atoms with Crippen LogP contribution in [0.4, 0.5) is 0 Å². The maximum Gasteiger partial charge on any atom is 0.150 e. The van der Waals surface area contributed by atoms with Crippen molar-refractivity contribution in [3.8, 4) is 0 Å². The average Bonchev–Trinajstić information content (AvgIpc) is 2.70. The summed E-state index contributed by atoms with van der Waals surface area (Å²) in [5.74, 6) is 0.826. The second kappa shape index (κ2) is 10.5. The van der Waals surface area contributed by atoms with E-state index in [0.717, 1.165) is 37.7 Å². The minimum atomic E-state index is -2.89. The van der Waals surface area contributed by atoms with E-state index in [4.69, 9.17) is 28.9 Å². The summed E-state index contributed by atoms with van der Waals surface area (Å²) in [6.07, 6.45) is 6.00. The fourth-order valence-electron chi connectivity index (χ4n) is 4.37. The number of halogens is 2. The van der Waals surface area contributed by atoms with Crippen molar-refractivity contribution >= 4 is 33.0 Å². The first-order chi connectivity index (χ1) is 14.3. The van der Waals surface area contributed by atoms with Gasteiger partial charge in [0.05, 0.1) is 15.8 Å². The first kappa shape index (κ1) is 23.6. The lowest BCUT2D eigenvalue weighted by Gasteiger charge is -2.32. The van der Waals surface area contributed by atoms with Crippen molar-refractivity contribution in [2.24, 2.45) is 5.73 Å². The second-order valence-corrected chi connectivity index (χ2v) is 11.5. The first-order valence-electron chi connectivity index (χ1n) is 10.8. The molecule has 0 spiro atoms. The summed E-state index contributed by atoms with van der Waals surface area (Å²) in [6.45, 7) is 1.91. The fourth-order valence-corrected chi connectivity index (χ4v) is 6.16. The molecular formula is C24H31Cl2NO2S. The lowest BCUT2D eigenvalue weighted by molar-refractivity contribution is 0.467. The molecule has 2 aromatic rings. The van der Waals surface area contributed by atoms with Gasteiger partial charge in [-0.3, -0.25) is 0 Å². The predicted molar refractivity (Wildman–Crippen MR) is 128 cm³/mol. The number of aryl methyl sites for hydroxylation is 2. The quantitative estimate of drug-likeness (QED) is 0.478. The van der Waals surface area contributed by atoms with Crippen LogP contribution in [0.5, 0.6) is 0 Å². The van der Waals surface area contributed by atoms with Crippen molar-refractivity contribution in [3.63, 3.8) is 0 Å². The zero-order chi connectivity index (χ0) is 21.7. The monoisotopic (exact) mass is 467 g/mol. The first-order valence-corrected chi connectivity index (χ1v) is 13.4. The molecule has 1 aliphatic rings. The van der Waals surface area contributed by atoms with Crippen LogP contribution in [0.3, 0.4) is 0 Å². The third-order valence-electron chi connectivity index (χ3n) is 6.00. The van der Waals surface area contributed by atoms with Crippen LogP contribution in [0.2, 0.25) is 10.0 Å². The number of hydrogen-bond acceptors (Lipinski definition) is 3. The van der Waals surface area contributed by atoms with Crippen LogP contribution in [0.25, 0.3) is 0 Å². The van der Waals surface area contributed by atoms with Gasteiger partial charge in [0, 0.05) is 17.7 Å². The Hall–Kier alpha value is -1.07. The molecule has 0 saturated carbocycles. The highest BCUT2D eigenvalue weighted by Crippen LogP contribution is 2.35. The molecule has 0 aromatic heterocycles. The molecule has 6 heteroatoms. The lowest BCUT2D eigenvalue weighted by atomic mass is 9.76. The van der Waals surface area contributed by atoms with Crippen LogP contribution in [0.1, 0.15) is 60.8 Å². The van der Waals surface area contributed by atoms with Gasteiger partial charge in [-0.2, -0.15) is 0 Å². The van der Waals surface area contributed by atoms with Crippen LogP contribution >= 0.6 is 23.2 Å². The van der Waals surface area contributed by atoms with E-state index in [9.17, 15) is 8.42 Å². The van der Waals surface area contributed by atoms with E-state index >= 15 is 0 Å². The molecule has 3 rings (SSSR count). The van der Waals surface area contributed by atoms with Gasteiger partial charge in [0.1, 0.15) is 9.84 Å². The number of unbranched alkanes of at least 4 members (excludes halogenated alkanes) is 1. The molecule has 2 N–H and O–H groups in total. The molecule has 164 valence electrons. The van der Waals surface area contributed by atoms with Crippen LogP contribution in [0.15, 0.2) is 36.4 Å². The number of rotatable bonds is 9. The van der Waals surface area contributed by atoms with E-state index < -0.39 is 9.84 Å². The predicted octanol–water partition coefficient (Wildman–Crippen LogP) is 5.74. The topological polar surface area (TPSA) is 60.2 Å². The summed E-state index contributed by atoms with van der Waals surface area (Å²) in [5.41, 5.74) is 11.6. The van der Waals surface area contributed by atoms with Gasteiger partial charge < -0.3 is 5.73 Å². The number of nitrogens with two attached hydrogens (primary N) is 1. The van der Waals surface area contributed by atoms with E-state index in [1.807, 2.05) is 25.1 Å². The van der Waals surface area contributed by atoms with Gasteiger partial charge >= 0.3 is 0 Å². The van der Waals surface area contributed by atoms with Gasteiger partial charge in [0.15, 0.2) is 0 Å². The number of sulfone groups is 1. The average molecular weight is 468 g/mol. The van der Waals surface area contributed by atoms with E-state index in [1.54, 1.807) is 0 Å². The van der Waals surface area contributed by atoms with Gasteiger partial charge in [-0.1, -0.05) is 54.4 Å². The molecule has 0 amide bonds. The van der Waals surface area contributed by atoms with Crippen molar-refractivity contribution in [3.05, 3.63) is 68.7 Å². The van der Waals surface area contributed by atoms with E-state index in [1.165, 1.54) is 16.7 Å². The minimum Gasteiger partial charge on any atom is -0.327 e. The van der Waals surface area contributed by atoms with E-state index in [-0.39, 0.29) is 17.7 Å². The molecule has 0 bridgehead atoms. The Kier molecular flexibility index (Phi) is 8.25. The summed E-state index contributed by atoms with van der Waals surface area (Å²) in [7, 11) is -2.89. The van der Waals surface area contributed by atoms with Crippen LogP contribution in [-0.2, 0) is 29.1 Å². The minimum absolute atomic E-state index is 0.112. The summed E-state index contributed by atoms with van der Waals surface area (Å²) >= 11 is 12.3. The summed E-state index contributed by atoms with van der Waals surface area (Å²) in [6, 6.07) is 12.6. The SMILES string of the molecule is CCCS(=O)(=O)CCCCc1ccc2c(c1)C(Cc1ccc(Cl)c(Cl)c1)C(N)CC2. The number of fused-ring (bicyclic) bond motifs is 1. The molecule has 2 aromatic carbocycles.